The van der Waals surface area contributed by atoms with Crippen LogP contribution in [0, 0.1) is 0 Å². The third kappa shape index (κ3) is 12.4. The monoisotopic (exact) mass is 302 g/mol. The molecule has 0 aliphatic carbocycles. The Kier molecular flexibility index (Phi) is 13.1. The van der Waals surface area contributed by atoms with Crippen molar-refractivity contribution in [3.63, 3.8) is 0 Å². The Labute approximate surface area is 128 Å². The van der Waals surface area contributed by atoms with Crippen molar-refractivity contribution in [2.24, 2.45) is 0 Å². The maximum atomic E-state index is 11.6. The van der Waals surface area contributed by atoms with Crippen molar-refractivity contribution < 1.29 is 24.2 Å². The molecule has 0 spiro atoms. The van der Waals surface area contributed by atoms with Crippen LogP contribution >= 0.6 is 0 Å². The molecule has 0 aliphatic rings. The van der Waals surface area contributed by atoms with Crippen molar-refractivity contribution in [3.8, 4) is 0 Å². The molecule has 1 N–H and O–H groups in total. The zero-order valence-electron chi connectivity index (χ0n) is 13.4. The minimum Gasteiger partial charge on any atom is -0.462 e. The van der Waals surface area contributed by atoms with E-state index in [9.17, 15) is 9.59 Å². The lowest BCUT2D eigenvalue weighted by Crippen LogP contribution is -2.28. The van der Waals surface area contributed by atoms with Crippen LogP contribution in [0.1, 0.15) is 71.6 Å². The summed E-state index contributed by atoms with van der Waals surface area (Å²) in [5, 5.41) is 9.14. The molecule has 0 saturated heterocycles. The summed E-state index contributed by atoms with van der Waals surface area (Å²) < 4.78 is 10.1. The molecule has 0 rings (SSSR count). The number of aliphatic hydroxyl groups is 1. The summed E-state index contributed by atoms with van der Waals surface area (Å²) in [5.41, 5.74) is 0. The van der Waals surface area contributed by atoms with Crippen molar-refractivity contribution >= 4 is 11.9 Å². The molecule has 0 aliphatic heterocycles. The molecule has 0 aromatic heterocycles. The Morgan fingerprint density at radius 3 is 2.10 bits per heavy atom. The van der Waals surface area contributed by atoms with Gasteiger partial charge in [0.05, 0.1) is 6.61 Å². The van der Waals surface area contributed by atoms with Gasteiger partial charge in [0.2, 0.25) is 0 Å². The molecule has 21 heavy (non-hydrogen) atoms. The molecule has 124 valence electrons. The fraction of sp³-hybridized carbons (Fsp3) is 0.875. The van der Waals surface area contributed by atoms with E-state index in [1.807, 2.05) is 0 Å². The van der Waals surface area contributed by atoms with E-state index in [4.69, 9.17) is 14.6 Å². The molecule has 5 nitrogen and oxygen atoms in total. The normalized spacial score (nSPS) is 12.0. The van der Waals surface area contributed by atoms with Crippen LogP contribution in [-0.2, 0) is 19.1 Å². The summed E-state index contributed by atoms with van der Waals surface area (Å²) in [6.45, 7) is 3.77. The molecule has 0 aromatic carbocycles. The van der Waals surface area contributed by atoms with E-state index >= 15 is 0 Å². The van der Waals surface area contributed by atoms with E-state index in [-0.39, 0.29) is 25.2 Å². The molecular formula is C16H30O5. The van der Waals surface area contributed by atoms with Crippen molar-refractivity contribution in [1.29, 1.82) is 0 Å². The summed E-state index contributed by atoms with van der Waals surface area (Å²) in [4.78, 5) is 23.0. The first-order valence-electron chi connectivity index (χ1n) is 8.09. The first-order valence-corrected chi connectivity index (χ1v) is 8.09. The second kappa shape index (κ2) is 13.9. The highest BCUT2D eigenvalue weighted by Crippen LogP contribution is 2.06. The van der Waals surface area contributed by atoms with Gasteiger partial charge in [-0.1, -0.05) is 46.0 Å². The zero-order chi connectivity index (χ0) is 15.9. The van der Waals surface area contributed by atoms with Crippen molar-refractivity contribution in [1.82, 2.24) is 0 Å². The number of hydrogen-bond acceptors (Lipinski definition) is 5. The van der Waals surface area contributed by atoms with Gasteiger partial charge >= 0.3 is 11.9 Å². The van der Waals surface area contributed by atoms with Crippen molar-refractivity contribution in [2.75, 3.05) is 13.2 Å². The van der Waals surface area contributed by atoms with Crippen LogP contribution in [0.5, 0.6) is 0 Å². The van der Waals surface area contributed by atoms with E-state index < -0.39 is 6.10 Å². The van der Waals surface area contributed by atoms with Gasteiger partial charge in [0.25, 0.3) is 0 Å². The van der Waals surface area contributed by atoms with Gasteiger partial charge in [0.1, 0.15) is 6.61 Å². The second-order valence-electron chi connectivity index (χ2n) is 5.25. The number of esters is 2. The standard InChI is InChI=1S/C16H30O5/c1-3-5-7-9-11-16(19)21-14(12-17)13-20-15(18)10-8-6-4-2/h14,17H,3-13H2,1-2H3. The van der Waals surface area contributed by atoms with Gasteiger partial charge in [-0.25, -0.2) is 0 Å². The van der Waals surface area contributed by atoms with Gasteiger partial charge in [-0.15, -0.1) is 0 Å². The summed E-state index contributed by atoms with van der Waals surface area (Å²) in [6, 6.07) is 0. The summed E-state index contributed by atoms with van der Waals surface area (Å²) >= 11 is 0. The Balaban J connectivity index is 3.78. The molecule has 0 aromatic rings. The summed E-state index contributed by atoms with van der Waals surface area (Å²) in [5.74, 6) is -0.645. The van der Waals surface area contributed by atoms with E-state index in [2.05, 4.69) is 13.8 Å². The number of hydrogen-bond donors (Lipinski definition) is 1. The lowest BCUT2D eigenvalue weighted by Gasteiger charge is -2.15. The molecular weight excluding hydrogens is 272 g/mol. The van der Waals surface area contributed by atoms with Gasteiger partial charge in [0, 0.05) is 12.8 Å². The molecule has 0 bridgehead atoms. The minimum atomic E-state index is -0.751. The molecule has 1 atom stereocenters. The van der Waals surface area contributed by atoms with Crippen LogP contribution in [0.15, 0.2) is 0 Å². The average molecular weight is 302 g/mol. The molecule has 5 heteroatoms. The van der Waals surface area contributed by atoms with Crippen LogP contribution < -0.4 is 0 Å². The Morgan fingerprint density at radius 2 is 1.48 bits per heavy atom. The molecule has 0 fully saturated rings. The quantitative estimate of drug-likeness (QED) is 0.418. The van der Waals surface area contributed by atoms with Crippen LogP contribution in [-0.4, -0.2) is 36.4 Å². The van der Waals surface area contributed by atoms with E-state index in [0.717, 1.165) is 44.9 Å². The van der Waals surface area contributed by atoms with Gasteiger partial charge in [0.15, 0.2) is 6.10 Å². The Bertz CT molecular complexity index is 278. The third-order valence-corrected chi connectivity index (χ3v) is 3.15. The highest BCUT2D eigenvalue weighted by molar-refractivity contribution is 5.70. The lowest BCUT2D eigenvalue weighted by atomic mass is 10.1. The number of carbonyl (C=O) groups excluding carboxylic acids is 2. The predicted octanol–water partition coefficient (Wildman–Crippen LogP) is 2.98. The molecule has 0 amide bonds. The topological polar surface area (TPSA) is 72.8 Å². The molecule has 0 saturated carbocycles. The zero-order valence-corrected chi connectivity index (χ0v) is 13.4. The van der Waals surface area contributed by atoms with Gasteiger partial charge in [-0.2, -0.15) is 0 Å². The Morgan fingerprint density at radius 1 is 0.905 bits per heavy atom. The average Bonchev–Trinajstić information content (AvgIpc) is 2.48. The second-order valence-corrected chi connectivity index (χ2v) is 5.25. The highest BCUT2D eigenvalue weighted by atomic mass is 16.6. The van der Waals surface area contributed by atoms with E-state index in [1.54, 1.807) is 0 Å². The highest BCUT2D eigenvalue weighted by Gasteiger charge is 2.15. The predicted molar refractivity (Wildman–Crippen MR) is 80.8 cm³/mol. The molecule has 1 unspecified atom stereocenters. The fourth-order valence-electron chi connectivity index (χ4n) is 1.84. The fourth-order valence-corrected chi connectivity index (χ4v) is 1.84. The number of ether oxygens (including phenoxy) is 2. The van der Waals surface area contributed by atoms with Crippen LogP contribution in [0.3, 0.4) is 0 Å². The van der Waals surface area contributed by atoms with Crippen LogP contribution in [0.2, 0.25) is 0 Å². The van der Waals surface area contributed by atoms with E-state index in [1.165, 1.54) is 0 Å². The van der Waals surface area contributed by atoms with Crippen molar-refractivity contribution in [2.45, 2.75) is 77.7 Å². The largest absolute Gasteiger partial charge is 0.462 e. The third-order valence-electron chi connectivity index (χ3n) is 3.15. The van der Waals surface area contributed by atoms with Gasteiger partial charge in [-0.3, -0.25) is 9.59 Å². The SMILES string of the molecule is CCCCCCC(=O)OC(CO)COC(=O)CCCCC. The summed E-state index contributed by atoms with van der Waals surface area (Å²) in [7, 11) is 0. The van der Waals surface area contributed by atoms with Crippen LogP contribution in [0.4, 0.5) is 0 Å². The number of aliphatic hydroxyl groups excluding tert-OH is 1. The Hall–Kier alpha value is -1.10. The number of carbonyl (C=O) groups is 2. The van der Waals surface area contributed by atoms with Crippen LogP contribution in [0.25, 0.3) is 0 Å². The number of unbranched alkanes of at least 4 members (excludes halogenated alkanes) is 5. The molecule has 0 heterocycles. The van der Waals surface area contributed by atoms with Crippen molar-refractivity contribution in [3.05, 3.63) is 0 Å². The summed E-state index contributed by atoms with van der Waals surface area (Å²) in [6.07, 6.45) is 6.82. The van der Waals surface area contributed by atoms with Gasteiger partial charge < -0.3 is 14.6 Å². The smallest absolute Gasteiger partial charge is 0.306 e. The van der Waals surface area contributed by atoms with Gasteiger partial charge in [-0.05, 0) is 12.8 Å². The first kappa shape index (κ1) is 19.9. The minimum absolute atomic E-state index is 0.0673. The number of rotatable bonds is 13. The lowest BCUT2D eigenvalue weighted by molar-refractivity contribution is -0.161. The maximum Gasteiger partial charge on any atom is 0.306 e. The van der Waals surface area contributed by atoms with E-state index in [0.29, 0.717) is 12.8 Å². The molecule has 0 radical (unpaired) electrons. The maximum absolute atomic E-state index is 11.6. The first-order chi connectivity index (χ1) is 10.1.